The number of nitrogens with two attached hydrogens (primary N) is 1. The molecule has 3 rings (SSSR count). The number of H-pyrrole nitrogens is 1. The number of aldehydes is 2. The Hall–Kier alpha value is -4.19. The van der Waals surface area contributed by atoms with E-state index < -0.39 is 17.4 Å². The number of ketones is 1. The first-order valence-corrected chi connectivity index (χ1v) is 8.10. The van der Waals surface area contributed by atoms with Gasteiger partial charge in [0, 0.05) is 17.2 Å². The molecule has 146 valence electrons. The fourth-order valence-electron chi connectivity index (χ4n) is 2.25. The van der Waals surface area contributed by atoms with E-state index in [0.717, 1.165) is 6.07 Å². The number of aromatic nitrogens is 2. The average Bonchev–Trinajstić information content (AvgIpc) is 3.15. The lowest BCUT2D eigenvalue weighted by Crippen LogP contribution is -1.99. The zero-order valence-electron chi connectivity index (χ0n) is 14.9. The topological polar surface area (TPSA) is 130 Å². The van der Waals surface area contributed by atoms with Gasteiger partial charge in [0.1, 0.15) is 17.5 Å². The molecular formula is C20H14F2N4O3. The normalized spacial score (nSPS) is 9.69. The lowest BCUT2D eigenvalue weighted by atomic mass is 10.1. The quantitative estimate of drug-likeness (QED) is 0.502. The van der Waals surface area contributed by atoms with Crippen molar-refractivity contribution >= 4 is 24.2 Å². The number of carbonyl (C=O) groups excluding carboxylic acids is 3. The second kappa shape index (κ2) is 9.66. The summed E-state index contributed by atoms with van der Waals surface area (Å²) in [5.74, 6) is -1.42. The first-order valence-electron chi connectivity index (χ1n) is 8.10. The number of rotatable bonds is 5. The van der Waals surface area contributed by atoms with Gasteiger partial charge in [0.15, 0.2) is 18.4 Å². The molecule has 0 spiro atoms. The van der Waals surface area contributed by atoms with Gasteiger partial charge in [-0.2, -0.15) is 10.4 Å². The van der Waals surface area contributed by atoms with Crippen LogP contribution in [0.3, 0.4) is 0 Å². The predicted octanol–water partition coefficient (Wildman–Crippen LogP) is 3.35. The SMILES string of the molecule is N#CCC(=O)c1ccc(C=O)c(F)c1.Nc1cc(-c2ccc(C=O)c(F)c2)[nH]n1. The third-order valence-corrected chi connectivity index (χ3v) is 3.73. The van der Waals surface area contributed by atoms with E-state index >= 15 is 0 Å². The van der Waals surface area contributed by atoms with Crippen molar-refractivity contribution in [1.82, 2.24) is 10.2 Å². The average molecular weight is 396 g/mol. The molecule has 0 fully saturated rings. The van der Waals surface area contributed by atoms with E-state index in [1.807, 2.05) is 0 Å². The maximum Gasteiger partial charge on any atom is 0.176 e. The van der Waals surface area contributed by atoms with Crippen LogP contribution >= 0.6 is 0 Å². The first-order chi connectivity index (χ1) is 13.9. The summed E-state index contributed by atoms with van der Waals surface area (Å²) < 4.78 is 26.2. The minimum atomic E-state index is -0.746. The Balaban J connectivity index is 0.000000208. The van der Waals surface area contributed by atoms with E-state index in [-0.39, 0.29) is 23.1 Å². The van der Waals surface area contributed by atoms with Gasteiger partial charge >= 0.3 is 0 Å². The molecule has 29 heavy (non-hydrogen) atoms. The first kappa shape index (κ1) is 21.1. The molecule has 7 nitrogen and oxygen atoms in total. The monoisotopic (exact) mass is 396 g/mol. The molecule has 0 saturated heterocycles. The summed E-state index contributed by atoms with van der Waals surface area (Å²) in [6.07, 6.45) is 0.550. The highest BCUT2D eigenvalue weighted by molar-refractivity contribution is 5.97. The van der Waals surface area contributed by atoms with Crippen LogP contribution in [0.15, 0.2) is 42.5 Å². The number of benzene rings is 2. The Bertz CT molecular complexity index is 1100. The smallest absolute Gasteiger partial charge is 0.176 e. The number of Topliss-reactive ketones (excluding diaryl/α,β-unsaturated/α-hetero) is 1. The Morgan fingerprint density at radius 2 is 1.69 bits per heavy atom. The van der Waals surface area contributed by atoms with Gasteiger partial charge in [0.05, 0.1) is 29.3 Å². The number of carbonyl (C=O) groups is 3. The lowest BCUT2D eigenvalue weighted by molar-refractivity contribution is 0.0995. The van der Waals surface area contributed by atoms with Crippen LogP contribution in [-0.4, -0.2) is 28.6 Å². The van der Waals surface area contributed by atoms with Gasteiger partial charge in [0.2, 0.25) is 0 Å². The molecule has 0 radical (unpaired) electrons. The number of anilines is 1. The maximum atomic E-state index is 13.2. The van der Waals surface area contributed by atoms with Crippen LogP contribution in [0.2, 0.25) is 0 Å². The second-order valence-electron chi connectivity index (χ2n) is 5.67. The standard InChI is InChI=1S/C10H8FN3O.C10H6FNO2/c11-8-3-6(1-2-7(8)5-15)9-4-10(12)14-13-9;11-9-5-7(10(14)3-4-12)1-2-8(9)6-13/h1-5H,(H3,12,13,14);1-2,5-6H,3H2. The molecule has 9 heteroatoms. The molecular weight excluding hydrogens is 382 g/mol. The number of nitrogens with one attached hydrogen (secondary N) is 1. The molecule has 0 aliphatic carbocycles. The minimum absolute atomic E-state index is 0.0336. The molecule has 0 aliphatic heterocycles. The summed E-state index contributed by atoms with van der Waals surface area (Å²) in [7, 11) is 0. The highest BCUT2D eigenvalue weighted by atomic mass is 19.1. The molecule has 3 N–H and O–H groups in total. The van der Waals surface area contributed by atoms with Gasteiger partial charge in [-0.15, -0.1) is 0 Å². The van der Waals surface area contributed by atoms with E-state index in [0.29, 0.717) is 29.6 Å². The number of nitrogens with zero attached hydrogens (tertiary/aromatic N) is 2. The fraction of sp³-hybridized carbons (Fsp3) is 0.0500. The summed E-state index contributed by atoms with van der Waals surface area (Å²) in [4.78, 5) is 31.8. The molecule has 1 heterocycles. The number of nitrogen functional groups attached to an aromatic ring is 1. The maximum absolute atomic E-state index is 13.2. The number of aromatic amines is 1. The van der Waals surface area contributed by atoms with Crippen molar-refractivity contribution < 1.29 is 23.2 Å². The van der Waals surface area contributed by atoms with Crippen molar-refractivity contribution in [2.75, 3.05) is 5.73 Å². The van der Waals surface area contributed by atoms with Gasteiger partial charge in [0.25, 0.3) is 0 Å². The Morgan fingerprint density at radius 1 is 1.07 bits per heavy atom. The van der Waals surface area contributed by atoms with Gasteiger partial charge < -0.3 is 5.73 Å². The number of nitriles is 1. The van der Waals surface area contributed by atoms with Crippen molar-refractivity contribution in [3.8, 4) is 17.3 Å². The van der Waals surface area contributed by atoms with Crippen LogP contribution in [0.25, 0.3) is 11.3 Å². The third-order valence-electron chi connectivity index (χ3n) is 3.73. The van der Waals surface area contributed by atoms with Crippen LogP contribution in [0.5, 0.6) is 0 Å². The third kappa shape index (κ3) is 5.40. The van der Waals surface area contributed by atoms with Crippen molar-refractivity contribution in [3.05, 3.63) is 70.8 Å². The number of hydrogen-bond donors (Lipinski definition) is 2. The van der Waals surface area contributed by atoms with Crippen LogP contribution in [-0.2, 0) is 0 Å². The summed E-state index contributed by atoms with van der Waals surface area (Å²) in [6, 6.07) is 11.1. The molecule has 0 amide bonds. The van der Waals surface area contributed by atoms with Gasteiger partial charge in [-0.25, -0.2) is 8.78 Å². The molecule has 0 aliphatic rings. The summed E-state index contributed by atoms with van der Waals surface area (Å²) in [5.41, 5.74) is 6.67. The largest absolute Gasteiger partial charge is 0.382 e. The number of hydrogen-bond acceptors (Lipinski definition) is 6. The van der Waals surface area contributed by atoms with E-state index in [4.69, 9.17) is 11.0 Å². The van der Waals surface area contributed by atoms with Crippen molar-refractivity contribution in [2.24, 2.45) is 0 Å². The Labute approximate surface area is 163 Å². The molecule has 3 aromatic rings. The Morgan fingerprint density at radius 3 is 2.17 bits per heavy atom. The molecule has 0 saturated carbocycles. The zero-order valence-corrected chi connectivity index (χ0v) is 14.9. The van der Waals surface area contributed by atoms with Crippen molar-refractivity contribution in [2.45, 2.75) is 6.42 Å². The highest BCUT2D eigenvalue weighted by Crippen LogP contribution is 2.20. The van der Waals surface area contributed by atoms with Gasteiger partial charge in [-0.3, -0.25) is 19.5 Å². The van der Waals surface area contributed by atoms with Crippen molar-refractivity contribution in [1.29, 1.82) is 5.26 Å². The lowest BCUT2D eigenvalue weighted by Gasteiger charge is -1.98. The number of halogens is 2. The second-order valence-corrected chi connectivity index (χ2v) is 5.67. The molecule has 2 aromatic carbocycles. The van der Waals surface area contributed by atoms with Crippen LogP contribution in [0.4, 0.5) is 14.6 Å². The van der Waals surface area contributed by atoms with Crippen LogP contribution < -0.4 is 5.73 Å². The van der Waals surface area contributed by atoms with Crippen LogP contribution in [0.1, 0.15) is 37.5 Å². The van der Waals surface area contributed by atoms with E-state index in [2.05, 4.69) is 10.2 Å². The van der Waals surface area contributed by atoms with E-state index in [9.17, 15) is 23.2 Å². The predicted molar refractivity (Wildman–Crippen MR) is 100 cm³/mol. The van der Waals surface area contributed by atoms with E-state index in [1.165, 1.54) is 24.3 Å². The van der Waals surface area contributed by atoms with Crippen LogP contribution in [0, 0.1) is 23.0 Å². The van der Waals surface area contributed by atoms with Crippen molar-refractivity contribution in [3.63, 3.8) is 0 Å². The highest BCUT2D eigenvalue weighted by Gasteiger charge is 2.08. The zero-order chi connectivity index (χ0) is 21.4. The van der Waals surface area contributed by atoms with E-state index in [1.54, 1.807) is 18.2 Å². The molecule has 0 unspecified atom stereocenters. The Kier molecular flexibility index (Phi) is 7.03. The minimum Gasteiger partial charge on any atom is -0.382 e. The molecule has 0 atom stereocenters. The molecule has 0 bridgehead atoms. The summed E-state index contributed by atoms with van der Waals surface area (Å²) in [6.45, 7) is 0. The van der Waals surface area contributed by atoms with Gasteiger partial charge in [-0.1, -0.05) is 12.1 Å². The molecule has 1 aromatic heterocycles. The summed E-state index contributed by atoms with van der Waals surface area (Å²) in [5, 5.41) is 14.6. The fourth-order valence-corrected chi connectivity index (χ4v) is 2.25. The summed E-state index contributed by atoms with van der Waals surface area (Å²) >= 11 is 0. The van der Waals surface area contributed by atoms with Gasteiger partial charge in [-0.05, 0) is 24.3 Å².